The summed E-state index contributed by atoms with van der Waals surface area (Å²) in [7, 11) is -0.967. The number of nitrogens with one attached hydrogen (secondary N) is 1. The van der Waals surface area contributed by atoms with Gasteiger partial charge in [-0.05, 0) is 53.0 Å². The van der Waals surface area contributed by atoms with Gasteiger partial charge in [0.25, 0.3) is 0 Å². The van der Waals surface area contributed by atoms with Crippen molar-refractivity contribution in [2.75, 3.05) is 12.8 Å². The molecule has 1 N–H and O–H groups in total. The summed E-state index contributed by atoms with van der Waals surface area (Å²) >= 11 is 0. The van der Waals surface area contributed by atoms with E-state index in [0.29, 0.717) is 17.7 Å². The Bertz CT molecular complexity index is 343. The quantitative estimate of drug-likeness (QED) is 0.803. The summed E-state index contributed by atoms with van der Waals surface area (Å²) in [4.78, 5) is 0. The molecule has 3 nitrogen and oxygen atoms in total. The molecule has 2 atom stereocenters. The maximum absolute atomic E-state index is 12.2. The molecule has 1 saturated carbocycles. The molecule has 0 aromatic carbocycles. The Labute approximate surface area is 113 Å². The van der Waals surface area contributed by atoms with Crippen LogP contribution in [0, 0.1) is 5.92 Å². The second-order valence-corrected chi connectivity index (χ2v) is 9.38. The lowest BCUT2D eigenvalue weighted by Crippen LogP contribution is -2.36. The second kappa shape index (κ2) is 6.38. The van der Waals surface area contributed by atoms with Gasteiger partial charge < -0.3 is 5.32 Å². The topological polar surface area (TPSA) is 46.2 Å². The predicted octanol–water partition coefficient (Wildman–Crippen LogP) is 2.76. The van der Waals surface area contributed by atoms with Crippen LogP contribution < -0.4 is 5.32 Å². The second-order valence-electron chi connectivity index (χ2n) is 6.51. The van der Waals surface area contributed by atoms with E-state index in [-0.39, 0.29) is 0 Å². The molecule has 1 rings (SSSR count). The number of sulfone groups is 1. The maximum atomic E-state index is 12.2. The van der Waals surface area contributed by atoms with Gasteiger partial charge in [0.1, 0.15) is 0 Å². The summed E-state index contributed by atoms with van der Waals surface area (Å²) in [5, 5.41) is 3.37. The molecule has 0 saturated heterocycles. The highest BCUT2D eigenvalue weighted by molar-refractivity contribution is 7.92. The fourth-order valence-electron chi connectivity index (χ4n) is 2.72. The third-order valence-corrected chi connectivity index (χ3v) is 6.86. The normalized spacial score (nSPS) is 26.9. The van der Waals surface area contributed by atoms with Crippen LogP contribution in [0.1, 0.15) is 59.3 Å². The van der Waals surface area contributed by atoms with Gasteiger partial charge in [-0.2, -0.15) is 0 Å². The van der Waals surface area contributed by atoms with E-state index in [1.54, 1.807) is 20.8 Å². The van der Waals surface area contributed by atoms with E-state index >= 15 is 0 Å². The smallest absolute Gasteiger partial charge is 0.155 e. The van der Waals surface area contributed by atoms with Gasteiger partial charge in [-0.15, -0.1) is 0 Å². The fraction of sp³-hybridized carbons (Fsp3) is 1.00. The molecular weight excluding hydrogens is 246 g/mol. The first-order chi connectivity index (χ1) is 8.28. The fourth-order valence-corrected chi connectivity index (χ4v) is 3.95. The van der Waals surface area contributed by atoms with Gasteiger partial charge in [-0.3, -0.25) is 0 Å². The highest BCUT2D eigenvalue weighted by Gasteiger charge is 2.31. The lowest BCUT2D eigenvalue weighted by molar-refractivity contribution is 0.342. The van der Waals surface area contributed by atoms with Crippen LogP contribution >= 0.6 is 0 Å². The molecule has 0 bridgehead atoms. The molecule has 18 heavy (non-hydrogen) atoms. The summed E-state index contributed by atoms with van der Waals surface area (Å²) < 4.78 is 23.7. The van der Waals surface area contributed by atoms with E-state index in [0.717, 1.165) is 6.42 Å². The molecule has 2 unspecified atom stereocenters. The van der Waals surface area contributed by atoms with Gasteiger partial charge in [0.15, 0.2) is 9.84 Å². The predicted molar refractivity (Wildman–Crippen MR) is 77.6 cm³/mol. The van der Waals surface area contributed by atoms with Crippen LogP contribution in [0.4, 0.5) is 0 Å². The van der Waals surface area contributed by atoms with Crippen molar-refractivity contribution in [3.8, 4) is 0 Å². The van der Waals surface area contributed by atoms with Crippen molar-refractivity contribution < 1.29 is 8.42 Å². The van der Waals surface area contributed by atoms with Crippen LogP contribution in [0.25, 0.3) is 0 Å². The molecule has 1 aliphatic rings. The Balaban J connectivity index is 2.60. The Hall–Kier alpha value is -0.0900. The first-order valence-corrected chi connectivity index (χ1v) is 8.83. The van der Waals surface area contributed by atoms with E-state index in [1.807, 2.05) is 7.05 Å². The molecule has 0 spiro atoms. The van der Waals surface area contributed by atoms with Crippen molar-refractivity contribution in [2.24, 2.45) is 5.92 Å². The first-order valence-electron chi connectivity index (χ1n) is 7.17. The van der Waals surface area contributed by atoms with Crippen LogP contribution in [0.2, 0.25) is 0 Å². The van der Waals surface area contributed by atoms with Gasteiger partial charge in [-0.1, -0.05) is 19.3 Å². The van der Waals surface area contributed by atoms with E-state index < -0.39 is 14.6 Å². The monoisotopic (exact) mass is 275 g/mol. The number of hydrogen-bond acceptors (Lipinski definition) is 3. The zero-order chi connectivity index (χ0) is 13.8. The van der Waals surface area contributed by atoms with Crippen LogP contribution in [0.15, 0.2) is 0 Å². The minimum Gasteiger partial charge on any atom is -0.317 e. The molecule has 0 aliphatic heterocycles. The molecule has 1 aliphatic carbocycles. The summed E-state index contributed by atoms with van der Waals surface area (Å²) in [5.41, 5.74) is 0. The van der Waals surface area contributed by atoms with Gasteiger partial charge in [0.2, 0.25) is 0 Å². The Morgan fingerprint density at radius 3 is 2.28 bits per heavy atom. The average Bonchev–Trinajstić information content (AvgIpc) is 2.49. The van der Waals surface area contributed by atoms with Crippen molar-refractivity contribution in [1.82, 2.24) is 5.32 Å². The molecule has 0 aromatic heterocycles. The molecule has 0 amide bonds. The van der Waals surface area contributed by atoms with Crippen molar-refractivity contribution >= 4 is 9.84 Å². The minimum absolute atomic E-state index is 0.333. The van der Waals surface area contributed by atoms with Crippen molar-refractivity contribution in [2.45, 2.75) is 70.1 Å². The van der Waals surface area contributed by atoms with E-state index in [9.17, 15) is 8.42 Å². The Morgan fingerprint density at radius 1 is 1.11 bits per heavy atom. The highest BCUT2D eigenvalue weighted by atomic mass is 32.2. The van der Waals surface area contributed by atoms with Gasteiger partial charge in [0.05, 0.1) is 10.5 Å². The van der Waals surface area contributed by atoms with Crippen LogP contribution in [0.5, 0.6) is 0 Å². The molecule has 0 aromatic rings. The Morgan fingerprint density at radius 2 is 1.72 bits per heavy atom. The minimum atomic E-state index is -2.97. The number of rotatable bonds is 4. The molecule has 0 radical (unpaired) electrons. The SMILES string of the molecule is CNC1CCCCCC1CCS(=O)(=O)C(C)(C)C. The molecule has 108 valence electrons. The zero-order valence-corrected chi connectivity index (χ0v) is 13.1. The average molecular weight is 275 g/mol. The van der Waals surface area contributed by atoms with Crippen LogP contribution in [0.3, 0.4) is 0 Å². The molecule has 0 heterocycles. The highest BCUT2D eigenvalue weighted by Crippen LogP contribution is 2.28. The van der Waals surface area contributed by atoms with Crippen molar-refractivity contribution in [1.29, 1.82) is 0 Å². The zero-order valence-electron chi connectivity index (χ0n) is 12.3. The standard InChI is InChI=1S/C14H29NO2S/c1-14(2,3)18(16,17)11-10-12-8-6-5-7-9-13(12)15-4/h12-13,15H,5-11H2,1-4H3. The molecular formula is C14H29NO2S. The third-order valence-electron chi connectivity index (χ3n) is 4.22. The molecule has 1 fully saturated rings. The maximum Gasteiger partial charge on any atom is 0.155 e. The summed E-state index contributed by atoms with van der Waals surface area (Å²) in [6.45, 7) is 5.39. The van der Waals surface area contributed by atoms with E-state index in [4.69, 9.17) is 0 Å². The van der Waals surface area contributed by atoms with Crippen molar-refractivity contribution in [3.63, 3.8) is 0 Å². The van der Waals surface area contributed by atoms with E-state index in [1.165, 1.54) is 32.1 Å². The molecule has 4 heteroatoms. The van der Waals surface area contributed by atoms with Crippen LogP contribution in [-0.4, -0.2) is 32.0 Å². The summed E-state index contributed by atoms with van der Waals surface area (Å²) in [6.07, 6.45) is 6.99. The first kappa shape index (κ1) is 16.0. The largest absolute Gasteiger partial charge is 0.317 e. The number of hydrogen-bond donors (Lipinski definition) is 1. The van der Waals surface area contributed by atoms with Gasteiger partial charge in [0, 0.05) is 6.04 Å². The van der Waals surface area contributed by atoms with Crippen molar-refractivity contribution in [3.05, 3.63) is 0 Å². The van der Waals surface area contributed by atoms with Gasteiger partial charge >= 0.3 is 0 Å². The summed E-state index contributed by atoms with van der Waals surface area (Å²) in [5.74, 6) is 0.855. The lowest BCUT2D eigenvalue weighted by atomic mass is 9.92. The summed E-state index contributed by atoms with van der Waals surface area (Å²) in [6, 6.07) is 0.502. The Kier molecular flexibility index (Phi) is 5.66. The lowest BCUT2D eigenvalue weighted by Gasteiger charge is -2.26. The van der Waals surface area contributed by atoms with E-state index in [2.05, 4.69) is 5.32 Å². The van der Waals surface area contributed by atoms with Crippen LogP contribution in [-0.2, 0) is 9.84 Å². The van der Waals surface area contributed by atoms with Gasteiger partial charge in [-0.25, -0.2) is 8.42 Å². The third kappa shape index (κ3) is 4.23.